The van der Waals surface area contributed by atoms with Crippen molar-refractivity contribution >= 4 is 5.91 Å². The number of hydrogen-bond acceptors (Lipinski definition) is 3. The third-order valence-electron chi connectivity index (χ3n) is 2.97. The van der Waals surface area contributed by atoms with Gasteiger partial charge < -0.3 is 14.8 Å². The van der Waals surface area contributed by atoms with Crippen LogP contribution in [0.15, 0.2) is 0 Å². The molecule has 4 heteroatoms. The van der Waals surface area contributed by atoms with E-state index in [0.717, 1.165) is 12.8 Å². The van der Waals surface area contributed by atoms with E-state index in [2.05, 4.69) is 19.2 Å². The van der Waals surface area contributed by atoms with Crippen molar-refractivity contribution in [2.75, 3.05) is 19.8 Å². The molecule has 1 aliphatic heterocycles. The van der Waals surface area contributed by atoms with E-state index in [1.54, 1.807) is 6.92 Å². The lowest BCUT2D eigenvalue weighted by Crippen LogP contribution is -2.36. The second-order valence-corrected chi connectivity index (χ2v) is 4.45. The summed E-state index contributed by atoms with van der Waals surface area (Å²) < 4.78 is 10.8. The number of amides is 1. The Morgan fingerprint density at radius 1 is 1.47 bits per heavy atom. The van der Waals surface area contributed by atoms with Gasteiger partial charge in [-0.05, 0) is 11.8 Å². The first-order valence-corrected chi connectivity index (χ1v) is 5.53. The predicted molar refractivity (Wildman–Crippen MR) is 57.4 cm³/mol. The molecule has 0 bridgehead atoms. The minimum absolute atomic E-state index is 0.0166. The molecule has 0 spiro atoms. The normalized spacial score (nSPS) is 21.3. The molecule has 1 amide bonds. The summed E-state index contributed by atoms with van der Waals surface area (Å²) in [6, 6.07) is 0. The van der Waals surface area contributed by atoms with Crippen LogP contribution in [0.5, 0.6) is 0 Å². The Balaban J connectivity index is 2.39. The van der Waals surface area contributed by atoms with Crippen LogP contribution in [0.25, 0.3) is 0 Å². The van der Waals surface area contributed by atoms with E-state index in [4.69, 9.17) is 9.47 Å². The Bertz CT molecular complexity index is 214. The Hall–Kier alpha value is -0.610. The van der Waals surface area contributed by atoms with Crippen LogP contribution in [0.3, 0.4) is 0 Å². The average Bonchev–Trinajstić information content (AvgIpc) is 2.67. The zero-order chi connectivity index (χ0) is 11.3. The second-order valence-electron chi connectivity index (χ2n) is 4.45. The summed E-state index contributed by atoms with van der Waals surface area (Å²) in [5.41, 5.74) is 0.0562. The van der Waals surface area contributed by atoms with Gasteiger partial charge in [-0.3, -0.25) is 4.79 Å². The van der Waals surface area contributed by atoms with E-state index in [1.165, 1.54) is 0 Å². The predicted octanol–water partition coefficient (Wildman–Crippen LogP) is 1.30. The van der Waals surface area contributed by atoms with Crippen molar-refractivity contribution in [1.82, 2.24) is 5.32 Å². The van der Waals surface area contributed by atoms with Gasteiger partial charge in [0.05, 0.1) is 13.2 Å². The van der Waals surface area contributed by atoms with Gasteiger partial charge in [0, 0.05) is 19.9 Å². The molecule has 88 valence electrons. The van der Waals surface area contributed by atoms with Crippen molar-refractivity contribution in [3.05, 3.63) is 0 Å². The Kier molecular flexibility index (Phi) is 4.54. The third kappa shape index (κ3) is 4.18. The molecule has 0 aromatic heterocycles. The molecule has 1 unspecified atom stereocenters. The van der Waals surface area contributed by atoms with E-state index in [1.807, 2.05) is 0 Å². The van der Waals surface area contributed by atoms with E-state index in [0.29, 0.717) is 19.8 Å². The maximum Gasteiger partial charge on any atom is 0.216 e. The molecule has 0 saturated carbocycles. The van der Waals surface area contributed by atoms with Crippen molar-refractivity contribution in [2.45, 2.75) is 39.9 Å². The van der Waals surface area contributed by atoms with Gasteiger partial charge in [0.15, 0.2) is 6.29 Å². The van der Waals surface area contributed by atoms with Crippen LogP contribution in [0.1, 0.15) is 33.6 Å². The molecule has 0 aromatic rings. The zero-order valence-electron chi connectivity index (χ0n) is 9.84. The molecule has 1 atom stereocenters. The van der Waals surface area contributed by atoms with Gasteiger partial charge in [-0.25, -0.2) is 0 Å². The Morgan fingerprint density at radius 2 is 2.07 bits per heavy atom. The van der Waals surface area contributed by atoms with Crippen molar-refractivity contribution in [3.63, 3.8) is 0 Å². The molecule has 1 rings (SSSR count). The van der Waals surface area contributed by atoms with Crippen molar-refractivity contribution in [3.8, 4) is 0 Å². The highest BCUT2D eigenvalue weighted by molar-refractivity contribution is 5.72. The largest absolute Gasteiger partial charge is 0.356 e. The summed E-state index contributed by atoms with van der Waals surface area (Å²) in [7, 11) is 0. The smallest absolute Gasteiger partial charge is 0.216 e. The summed E-state index contributed by atoms with van der Waals surface area (Å²) in [6.07, 6.45) is 1.74. The van der Waals surface area contributed by atoms with Crippen LogP contribution in [0.4, 0.5) is 0 Å². The number of hydrogen-bond donors (Lipinski definition) is 1. The molecular formula is C11H21NO3. The fraction of sp³-hybridized carbons (Fsp3) is 0.909. The van der Waals surface area contributed by atoms with Crippen LogP contribution in [-0.2, 0) is 14.3 Å². The highest BCUT2D eigenvalue weighted by atomic mass is 16.7. The molecule has 15 heavy (non-hydrogen) atoms. The number of carbonyl (C=O) groups is 1. The fourth-order valence-electron chi connectivity index (χ4n) is 1.61. The Labute approximate surface area is 91.3 Å². The number of nitrogens with one attached hydrogen (secondary N) is 1. The number of carbonyl (C=O) groups excluding carboxylic acids is 1. The van der Waals surface area contributed by atoms with Gasteiger partial charge >= 0.3 is 0 Å². The molecule has 1 saturated heterocycles. The molecule has 0 aromatic carbocycles. The highest BCUT2D eigenvalue weighted by Gasteiger charge is 2.29. The summed E-state index contributed by atoms with van der Waals surface area (Å²) in [4.78, 5) is 10.9. The molecule has 0 aliphatic carbocycles. The molecular weight excluding hydrogens is 194 g/mol. The van der Waals surface area contributed by atoms with Crippen LogP contribution >= 0.6 is 0 Å². The van der Waals surface area contributed by atoms with Gasteiger partial charge in [0.2, 0.25) is 5.91 Å². The van der Waals surface area contributed by atoms with Gasteiger partial charge in [-0.15, -0.1) is 0 Å². The van der Waals surface area contributed by atoms with Crippen LogP contribution in [0.2, 0.25) is 0 Å². The topological polar surface area (TPSA) is 47.6 Å². The van der Waals surface area contributed by atoms with Crippen LogP contribution in [-0.4, -0.2) is 32.0 Å². The van der Waals surface area contributed by atoms with E-state index < -0.39 is 0 Å². The fourth-order valence-corrected chi connectivity index (χ4v) is 1.61. The van der Waals surface area contributed by atoms with Gasteiger partial charge in [0.1, 0.15) is 0 Å². The first kappa shape index (κ1) is 12.5. The zero-order valence-corrected chi connectivity index (χ0v) is 9.84. The second kappa shape index (κ2) is 5.47. The maximum absolute atomic E-state index is 10.9. The molecule has 1 fully saturated rings. The van der Waals surface area contributed by atoms with Gasteiger partial charge in [0.25, 0.3) is 0 Å². The van der Waals surface area contributed by atoms with E-state index in [-0.39, 0.29) is 17.6 Å². The maximum atomic E-state index is 10.9. The summed E-state index contributed by atoms with van der Waals surface area (Å²) in [6.45, 7) is 7.86. The van der Waals surface area contributed by atoms with Crippen molar-refractivity contribution in [2.24, 2.45) is 5.41 Å². The monoisotopic (exact) mass is 215 g/mol. The minimum Gasteiger partial charge on any atom is -0.356 e. The summed E-state index contributed by atoms with van der Waals surface area (Å²) >= 11 is 0. The first-order valence-electron chi connectivity index (χ1n) is 5.53. The molecule has 0 radical (unpaired) electrons. The lowest BCUT2D eigenvalue weighted by molar-refractivity contribution is -0.120. The third-order valence-corrected chi connectivity index (χ3v) is 2.97. The molecule has 4 nitrogen and oxygen atoms in total. The van der Waals surface area contributed by atoms with Crippen molar-refractivity contribution in [1.29, 1.82) is 0 Å². The quantitative estimate of drug-likeness (QED) is 0.752. The van der Waals surface area contributed by atoms with E-state index in [9.17, 15) is 4.79 Å². The number of ether oxygens (including phenoxy) is 2. The SMILES string of the molecule is CCC(C)(CNC(C)=O)CC1OCCO1. The summed E-state index contributed by atoms with van der Waals surface area (Å²) in [5, 5.41) is 2.86. The van der Waals surface area contributed by atoms with Gasteiger partial charge in [-0.1, -0.05) is 13.8 Å². The minimum atomic E-state index is -0.0938. The molecule has 1 N–H and O–H groups in total. The summed E-state index contributed by atoms with van der Waals surface area (Å²) in [5.74, 6) is 0.0166. The van der Waals surface area contributed by atoms with Crippen LogP contribution < -0.4 is 5.32 Å². The highest BCUT2D eigenvalue weighted by Crippen LogP contribution is 2.29. The molecule has 1 heterocycles. The lowest BCUT2D eigenvalue weighted by Gasteiger charge is -2.30. The molecule has 1 aliphatic rings. The number of rotatable bonds is 5. The van der Waals surface area contributed by atoms with Crippen molar-refractivity contribution < 1.29 is 14.3 Å². The van der Waals surface area contributed by atoms with Crippen LogP contribution in [0, 0.1) is 5.41 Å². The first-order chi connectivity index (χ1) is 7.06. The van der Waals surface area contributed by atoms with Gasteiger partial charge in [-0.2, -0.15) is 0 Å². The standard InChI is InChI=1S/C11H21NO3/c1-4-11(3,8-12-9(2)13)7-10-14-5-6-15-10/h10H,4-8H2,1-3H3,(H,12,13). The Morgan fingerprint density at radius 3 is 2.53 bits per heavy atom. The van der Waals surface area contributed by atoms with E-state index >= 15 is 0 Å². The lowest BCUT2D eigenvalue weighted by atomic mass is 9.83. The average molecular weight is 215 g/mol.